The molecule has 1 aliphatic rings. The normalized spacial score (nSPS) is 16.3. The highest BCUT2D eigenvalue weighted by Crippen LogP contribution is 2.25. The average molecular weight is 284 g/mol. The number of hydrogen-bond donors (Lipinski definition) is 1. The number of amides is 1. The predicted molar refractivity (Wildman–Crippen MR) is 75.9 cm³/mol. The van der Waals surface area contributed by atoms with Crippen LogP contribution in [0.3, 0.4) is 0 Å². The first-order valence-corrected chi connectivity index (χ1v) is 6.85. The molecule has 1 amide bonds. The quantitative estimate of drug-likeness (QED) is 0.833. The van der Waals surface area contributed by atoms with Crippen LogP contribution in [0, 0.1) is 0 Å². The fourth-order valence-electron chi connectivity index (χ4n) is 2.15. The van der Waals surface area contributed by atoms with Crippen molar-refractivity contribution in [3.05, 3.63) is 39.9 Å². The number of halogens is 2. The van der Waals surface area contributed by atoms with Crippen LogP contribution in [0.1, 0.15) is 31.2 Å². The molecule has 1 aliphatic carbocycles. The van der Waals surface area contributed by atoms with E-state index < -0.39 is 0 Å². The van der Waals surface area contributed by atoms with E-state index in [0.29, 0.717) is 21.7 Å². The molecule has 0 atom stereocenters. The number of carbonyl (C=O) groups excluding carboxylic acids is 1. The van der Waals surface area contributed by atoms with Gasteiger partial charge in [-0.1, -0.05) is 42.1 Å². The highest BCUT2D eigenvalue weighted by molar-refractivity contribution is 6.37. The van der Waals surface area contributed by atoms with Crippen LogP contribution in [0.15, 0.2) is 24.3 Å². The van der Waals surface area contributed by atoms with Gasteiger partial charge in [0, 0.05) is 27.7 Å². The lowest BCUT2D eigenvalue weighted by atomic mass is 10.2. The lowest BCUT2D eigenvalue weighted by Crippen LogP contribution is -2.30. The van der Waals surface area contributed by atoms with Gasteiger partial charge >= 0.3 is 0 Å². The second kappa shape index (κ2) is 6.26. The van der Waals surface area contributed by atoms with Crippen LogP contribution in [0.4, 0.5) is 0 Å². The number of hydrogen-bond acceptors (Lipinski definition) is 1. The zero-order chi connectivity index (χ0) is 13.0. The Morgan fingerprint density at radius 3 is 2.44 bits per heavy atom. The Morgan fingerprint density at radius 2 is 1.83 bits per heavy atom. The molecule has 1 aromatic carbocycles. The molecule has 1 aromatic rings. The van der Waals surface area contributed by atoms with Crippen molar-refractivity contribution in [2.24, 2.45) is 0 Å². The van der Waals surface area contributed by atoms with Gasteiger partial charge in [-0.3, -0.25) is 4.79 Å². The van der Waals surface area contributed by atoms with Crippen LogP contribution >= 0.6 is 23.2 Å². The second-order valence-corrected chi connectivity index (χ2v) is 5.27. The van der Waals surface area contributed by atoms with Gasteiger partial charge in [0.15, 0.2) is 0 Å². The molecule has 0 saturated heterocycles. The van der Waals surface area contributed by atoms with Gasteiger partial charge in [-0.15, -0.1) is 0 Å². The van der Waals surface area contributed by atoms with Crippen LogP contribution in [-0.2, 0) is 4.79 Å². The fourth-order valence-corrected chi connectivity index (χ4v) is 2.67. The molecule has 0 unspecified atom stereocenters. The standard InChI is InChI=1S/C14H15Cl2NO/c15-12-6-3-7-13(16)11(12)8-9-14(18)17-10-4-1-2-5-10/h3,6-10H,1-2,4-5H2,(H,17,18)/b9-8-. The van der Waals surface area contributed by atoms with E-state index in [2.05, 4.69) is 5.32 Å². The smallest absolute Gasteiger partial charge is 0.244 e. The van der Waals surface area contributed by atoms with Crippen LogP contribution in [0.25, 0.3) is 6.08 Å². The van der Waals surface area contributed by atoms with Gasteiger partial charge in [-0.2, -0.15) is 0 Å². The summed E-state index contributed by atoms with van der Waals surface area (Å²) in [5.74, 6) is -0.0853. The average Bonchev–Trinajstić information content (AvgIpc) is 2.81. The lowest BCUT2D eigenvalue weighted by Gasteiger charge is -2.09. The van der Waals surface area contributed by atoms with Crippen LogP contribution < -0.4 is 5.32 Å². The van der Waals surface area contributed by atoms with Crippen molar-refractivity contribution in [2.45, 2.75) is 31.7 Å². The maximum Gasteiger partial charge on any atom is 0.244 e. The largest absolute Gasteiger partial charge is 0.350 e. The van der Waals surface area contributed by atoms with Crippen molar-refractivity contribution in [1.82, 2.24) is 5.32 Å². The van der Waals surface area contributed by atoms with Crippen molar-refractivity contribution in [2.75, 3.05) is 0 Å². The van der Waals surface area contributed by atoms with E-state index in [1.165, 1.54) is 18.9 Å². The molecule has 0 radical (unpaired) electrons. The topological polar surface area (TPSA) is 29.1 Å². The summed E-state index contributed by atoms with van der Waals surface area (Å²) in [6, 6.07) is 5.61. The third-order valence-corrected chi connectivity index (χ3v) is 3.76. The first kappa shape index (κ1) is 13.4. The minimum atomic E-state index is -0.0853. The van der Waals surface area contributed by atoms with E-state index in [1.807, 2.05) is 0 Å². The molecule has 4 heteroatoms. The van der Waals surface area contributed by atoms with E-state index in [9.17, 15) is 4.79 Å². The maximum atomic E-state index is 11.7. The van der Waals surface area contributed by atoms with E-state index in [-0.39, 0.29) is 5.91 Å². The van der Waals surface area contributed by atoms with Gasteiger partial charge in [0.25, 0.3) is 0 Å². The summed E-state index contributed by atoms with van der Waals surface area (Å²) in [7, 11) is 0. The van der Waals surface area contributed by atoms with Gasteiger partial charge in [0.1, 0.15) is 0 Å². The molecule has 1 fully saturated rings. The zero-order valence-electron chi connectivity index (χ0n) is 9.96. The monoisotopic (exact) mass is 283 g/mol. The molecule has 1 N–H and O–H groups in total. The predicted octanol–water partition coefficient (Wildman–Crippen LogP) is 4.07. The van der Waals surface area contributed by atoms with Crippen molar-refractivity contribution in [3.8, 4) is 0 Å². The minimum Gasteiger partial charge on any atom is -0.350 e. The number of rotatable bonds is 3. The van der Waals surface area contributed by atoms with Crippen LogP contribution in [0.2, 0.25) is 10.0 Å². The Kier molecular flexibility index (Phi) is 4.67. The Bertz CT molecular complexity index is 445. The maximum absolute atomic E-state index is 11.7. The summed E-state index contributed by atoms with van der Waals surface area (Å²) >= 11 is 12.0. The van der Waals surface area contributed by atoms with E-state index in [1.54, 1.807) is 24.3 Å². The Labute approximate surface area is 117 Å². The molecule has 2 rings (SSSR count). The summed E-state index contributed by atoms with van der Waals surface area (Å²) in [5, 5.41) is 4.07. The van der Waals surface area contributed by atoms with Crippen molar-refractivity contribution in [1.29, 1.82) is 0 Å². The molecule has 0 aromatic heterocycles. The summed E-state index contributed by atoms with van der Waals surface area (Å²) in [6.07, 6.45) is 7.70. The van der Waals surface area contributed by atoms with E-state index in [4.69, 9.17) is 23.2 Å². The van der Waals surface area contributed by atoms with Gasteiger partial charge in [0.2, 0.25) is 5.91 Å². The summed E-state index contributed by atoms with van der Waals surface area (Å²) < 4.78 is 0. The molecule has 96 valence electrons. The Hall–Kier alpha value is -0.990. The lowest BCUT2D eigenvalue weighted by molar-refractivity contribution is -0.117. The highest BCUT2D eigenvalue weighted by atomic mass is 35.5. The second-order valence-electron chi connectivity index (χ2n) is 4.46. The molecule has 0 bridgehead atoms. The van der Waals surface area contributed by atoms with Gasteiger partial charge in [0.05, 0.1) is 0 Å². The highest BCUT2D eigenvalue weighted by Gasteiger charge is 2.15. The number of nitrogens with one attached hydrogen (secondary N) is 1. The molecule has 18 heavy (non-hydrogen) atoms. The van der Waals surface area contributed by atoms with Gasteiger partial charge < -0.3 is 5.32 Å². The molecule has 0 spiro atoms. The third kappa shape index (κ3) is 3.50. The first-order chi connectivity index (χ1) is 8.66. The molecular weight excluding hydrogens is 269 g/mol. The first-order valence-electron chi connectivity index (χ1n) is 6.09. The molecule has 0 heterocycles. The van der Waals surface area contributed by atoms with Crippen molar-refractivity contribution < 1.29 is 4.79 Å². The van der Waals surface area contributed by atoms with Crippen molar-refractivity contribution in [3.63, 3.8) is 0 Å². The fraction of sp³-hybridized carbons (Fsp3) is 0.357. The van der Waals surface area contributed by atoms with E-state index >= 15 is 0 Å². The Balaban J connectivity index is 1.99. The molecule has 1 saturated carbocycles. The summed E-state index contributed by atoms with van der Waals surface area (Å²) in [5.41, 5.74) is 0.683. The SMILES string of the molecule is O=C(/C=C\c1c(Cl)cccc1Cl)NC1CCCC1. The molecule has 2 nitrogen and oxygen atoms in total. The number of benzene rings is 1. The van der Waals surface area contributed by atoms with E-state index in [0.717, 1.165) is 12.8 Å². The third-order valence-electron chi connectivity index (χ3n) is 3.10. The van der Waals surface area contributed by atoms with Crippen LogP contribution in [0.5, 0.6) is 0 Å². The Morgan fingerprint density at radius 1 is 1.22 bits per heavy atom. The van der Waals surface area contributed by atoms with Crippen LogP contribution in [-0.4, -0.2) is 11.9 Å². The summed E-state index contributed by atoms with van der Waals surface area (Å²) in [6.45, 7) is 0. The van der Waals surface area contributed by atoms with Crippen molar-refractivity contribution >= 4 is 35.2 Å². The van der Waals surface area contributed by atoms with Gasteiger partial charge in [-0.05, 0) is 31.1 Å². The molecular formula is C14H15Cl2NO. The molecule has 0 aliphatic heterocycles. The van der Waals surface area contributed by atoms with Gasteiger partial charge in [-0.25, -0.2) is 0 Å². The minimum absolute atomic E-state index is 0.0853. The summed E-state index contributed by atoms with van der Waals surface area (Å²) in [4.78, 5) is 11.7. The number of carbonyl (C=O) groups is 1. The zero-order valence-corrected chi connectivity index (χ0v) is 11.5.